The fourth-order valence-electron chi connectivity index (χ4n) is 4.00. The summed E-state index contributed by atoms with van der Waals surface area (Å²) in [7, 11) is 1.66. The number of nitrogens with two attached hydrogens (primary N) is 2. The summed E-state index contributed by atoms with van der Waals surface area (Å²) in [5, 5.41) is 0. The van der Waals surface area contributed by atoms with Crippen LogP contribution in [0, 0.1) is 0 Å². The van der Waals surface area contributed by atoms with Crippen molar-refractivity contribution in [1.29, 1.82) is 0 Å². The topological polar surface area (TPSA) is 128 Å². The average Bonchev–Trinajstić information content (AvgIpc) is 2.91. The second kappa shape index (κ2) is 17.3. The lowest BCUT2D eigenvalue weighted by Crippen LogP contribution is -2.42. The van der Waals surface area contributed by atoms with Crippen LogP contribution < -0.4 is 16.9 Å². The molecule has 2 aromatic carbocycles. The molecule has 5 N–H and O–H groups in total. The summed E-state index contributed by atoms with van der Waals surface area (Å²) in [6, 6.07) is 17.9. The summed E-state index contributed by atoms with van der Waals surface area (Å²) < 4.78 is 0. The molecule has 0 aromatic heterocycles. The van der Waals surface area contributed by atoms with Gasteiger partial charge in [0, 0.05) is 20.0 Å². The highest BCUT2D eigenvalue weighted by molar-refractivity contribution is 5.81. The monoisotopic (exact) mass is 510 g/mol. The number of hydrogen-bond donors (Lipinski definition) is 3. The van der Waals surface area contributed by atoms with Crippen molar-refractivity contribution in [2.24, 2.45) is 11.5 Å². The molecule has 2 rings (SSSR count). The minimum absolute atomic E-state index is 0.0826. The molecule has 0 aliphatic carbocycles. The van der Waals surface area contributed by atoms with E-state index in [1.54, 1.807) is 7.05 Å². The van der Waals surface area contributed by atoms with Gasteiger partial charge in [-0.15, -0.1) is 0 Å². The summed E-state index contributed by atoms with van der Waals surface area (Å²) in [5.74, 6) is -1.09. The van der Waals surface area contributed by atoms with Gasteiger partial charge in [0.15, 0.2) is 0 Å². The Balaban J connectivity index is 1.58. The Kier molecular flexibility index (Phi) is 14.0. The molecule has 0 heterocycles. The van der Waals surface area contributed by atoms with Gasteiger partial charge in [0.25, 0.3) is 5.91 Å². The number of amides is 2. The minimum atomic E-state index is -0.559. The van der Waals surface area contributed by atoms with E-state index in [4.69, 9.17) is 16.3 Å². The van der Waals surface area contributed by atoms with Gasteiger partial charge in [-0.1, -0.05) is 61.0 Å². The van der Waals surface area contributed by atoms with E-state index in [-0.39, 0.29) is 24.7 Å². The molecule has 0 saturated carbocycles. The first kappa shape index (κ1) is 30.0. The fourth-order valence-corrected chi connectivity index (χ4v) is 4.00. The first-order chi connectivity index (χ1) is 17.9. The van der Waals surface area contributed by atoms with E-state index in [1.165, 1.54) is 16.0 Å². The van der Waals surface area contributed by atoms with Crippen molar-refractivity contribution in [3.8, 4) is 0 Å². The van der Waals surface area contributed by atoms with Crippen LogP contribution in [-0.4, -0.2) is 48.9 Å². The largest absolute Gasteiger partial charge is 0.344 e. The van der Waals surface area contributed by atoms with E-state index in [9.17, 15) is 14.4 Å². The highest BCUT2D eigenvalue weighted by Crippen LogP contribution is 2.11. The number of hydroxylamine groups is 1. The van der Waals surface area contributed by atoms with Gasteiger partial charge in [0.2, 0.25) is 5.91 Å². The zero-order valence-corrected chi connectivity index (χ0v) is 22.0. The Morgan fingerprint density at radius 2 is 1.49 bits per heavy atom. The highest BCUT2D eigenvalue weighted by Gasteiger charge is 2.18. The van der Waals surface area contributed by atoms with E-state index in [1.807, 2.05) is 30.3 Å². The molecule has 2 amide bonds. The zero-order chi connectivity index (χ0) is 26.9. The number of carbonyl (C=O) groups excluding carboxylic acids is 3. The highest BCUT2D eigenvalue weighted by atomic mass is 16.7. The van der Waals surface area contributed by atoms with Crippen molar-refractivity contribution in [3.63, 3.8) is 0 Å². The van der Waals surface area contributed by atoms with Gasteiger partial charge in [0.05, 0.1) is 12.5 Å². The summed E-state index contributed by atoms with van der Waals surface area (Å²) in [6.07, 6.45) is 7.18. The minimum Gasteiger partial charge on any atom is -0.344 e. The predicted octanol–water partition coefficient (Wildman–Crippen LogP) is 3.06. The van der Waals surface area contributed by atoms with Crippen LogP contribution >= 0.6 is 0 Å². The molecule has 8 heteroatoms. The summed E-state index contributed by atoms with van der Waals surface area (Å²) in [6.45, 7) is 0.961. The molecule has 8 nitrogen and oxygen atoms in total. The number of hydrogen-bond acceptors (Lipinski definition) is 6. The van der Waals surface area contributed by atoms with Gasteiger partial charge in [-0.3, -0.25) is 9.59 Å². The summed E-state index contributed by atoms with van der Waals surface area (Å²) >= 11 is 0. The lowest BCUT2D eigenvalue weighted by molar-refractivity contribution is -0.158. The van der Waals surface area contributed by atoms with Gasteiger partial charge < -0.3 is 21.2 Å². The first-order valence-electron chi connectivity index (χ1n) is 13.2. The molecule has 37 heavy (non-hydrogen) atoms. The number of nitrogens with zero attached hydrogens (tertiary/aromatic N) is 1. The van der Waals surface area contributed by atoms with Crippen LogP contribution in [0.15, 0.2) is 54.6 Å². The lowest BCUT2D eigenvalue weighted by atomic mass is 10.0. The second-order valence-electron chi connectivity index (χ2n) is 9.44. The average molecular weight is 511 g/mol. The van der Waals surface area contributed by atoms with Gasteiger partial charge in [-0.05, 0) is 68.2 Å². The zero-order valence-electron chi connectivity index (χ0n) is 22.0. The summed E-state index contributed by atoms with van der Waals surface area (Å²) in [4.78, 5) is 42.7. The first-order valence-corrected chi connectivity index (χ1v) is 13.2. The van der Waals surface area contributed by atoms with Crippen LogP contribution in [-0.2, 0) is 38.5 Å². The van der Waals surface area contributed by atoms with Crippen LogP contribution in [0.1, 0.15) is 61.6 Å². The Labute approximate surface area is 220 Å². The van der Waals surface area contributed by atoms with Crippen molar-refractivity contribution < 1.29 is 19.2 Å². The fraction of sp³-hybridized carbons (Fsp3) is 0.483. The molecule has 0 aliphatic heterocycles. The number of likely N-dealkylation sites (N-methyl/N-ethyl adjacent to an activating group) is 1. The van der Waals surface area contributed by atoms with Crippen LogP contribution in [0.3, 0.4) is 0 Å². The Bertz CT molecular complexity index is 950. The third-order valence-electron chi connectivity index (χ3n) is 6.23. The van der Waals surface area contributed by atoms with Crippen LogP contribution in [0.2, 0.25) is 0 Å². The molecule has 1 unspecified atom stereocenters. The van der Waals surface area contributed by atoms with E-state index in [0.717, 1.165) is 44.1 Å². The number of aryl methyl sites for hydroxylation is 2. The van der Waals surface area contributed by atoms with Gasteiger partial charge >= 0.3 is 5.97 Å². The summed E-state index contributed by atoms with van der Waals surface area (Å²) in [5.41, 5.74) is 17.0. The van der Waals surface area contributed by atoms with Gasteiger partial charge in [-0.25, -0.2) is 4.79 Å². The van der Waals surface area contributed by atoms with Crippen LogP contribution in [0.4, 0.5) is 0 Å². The molecular formula is C29H42N4O4. The third kappa shape index (κ3) is 12.5. The van der Waals surface area contributed by atoms with Crippen LogP contribution in [0.25, 0.3) is 0 Å². The number of benzene rings is 2. The number of unbranched alkanes of at least 4 members (excludes halogenated alkanes) is 2. The molecule has 2 aromatic rings. The maximum atomic E-state index is 12.2. The standard InChI is InChI=1S/C29H42N4O4/c1-33(29(36)26(31)14-7-8-20-30)21-9-15-28(35)37-32-27(34)22-25-18-16-24(17-19-25)13-6-5-12-23-10-3-2-4-11-23/h2-4,10-11,16-19,26H,5-9,12-15,20-22,30-31H2,1H3,(H,32,34). The van der Waals surface area contributed by atoms with E-state index in [2.05, 4.69) is 29.7 Å². The smallest absolute Gasteiger partial charge is 0.332 e. The molecular weight excluding hydrogens is 468 g/mol. The van der Waals surface area contributed by atoms with E-state index in [0.29, 0.717) is 25.9 Å². The van der Waals surface area contributed by atoms with Gasteiger partial charge in [-0.2, -0.15) is 5.48 Å². The number of carbonyl (C=O) groups is 3. The molecule has 1 atom stereocenters. The number of rotatable bonds is 16. The van der Waals surface area contributed by atoms with Crippen molar-refractivity contribution in [3.05, 3.63) is 71.3 Å². The second-order valence-corrected chi connectivity index (χ2v) is 9.44. The normalized spacial score (nSPS) is 11.5. The van der Waals surface area contributed by atoms with E-state index < -0.39 is 12.0 Å². The predicted molar refractivity (Wildman–Crippen MR) is 145 cm³/mol. The molecule has 0 spiro atoms. The van der Waals surface area contributed by atoms with Gasteiger partial charge in [0.1, 0.15) is 0 Å². The number of nitrogens with one attached hydrogen (secondary N) is 1. The third-order valence-corrected chi connectivity index (χ3v) is 6.23. The lowest BCUT2D eigenvalue weighted by Gasteiger charge is -2.21. The van der Waals surface area contributed by atoms with Crippen molar-refractivity contribution in [2.45, 2.75) is 70.3 Å². The van der Waals surface area contributed by atoms with Crippen molar-refractivity contribution in [2.75, 3.05) is 20.1 Å². The SMILES string of the molecule is CN(CCCC(=O)ONC(=O)Cc1ccc(CCCCc2ccccc2)cc1)C(=O)C(N)CCCCN. The van der Waals surface area contributed by atoms with Crippen LogP contribution in [0.5, 0.6) is 0 Å². The van der Waals surface area contributed by atoms with Crippen molar-refractivity contribution in [1.82, 2.24) is 10.4 Å². The maximum Gasteiger partial charge on any atom is 0.332 e. The molecule has 0 radical (unpaired) electrons. The quantitative estimate of drug-likeness (QED) is 0.235. The Morgan fingerprint density at radius 3 is 2.14 bits per heavy atom. The molecule has 0 fully saturated rings. The maximum absolute atomic E-state index is 12.2. The Hall–Kier alpha value is -3.23. The molecule has 0 bridgehead atoms. The molecule has 0 saturated heterocycles. The van der Waals surface area contributed by atoms with Crippen molar-refractivity contribution >= 4 is 17.8 Å². The Morgan fingerprint density at radius 1 is 0.865 bits per heavy atom. The molecule has 0 aliphatic rings. The molecule has 202 valence electrons. The van der Waals surface area contributed by atoms with E-state index >= 15 is 0 Å².